The lowest BCUT2D eigenvalue weighted by atomic mass is 9.98. The molecule has 0 spiro atoms. The highest BCUT2D eigenvalue weighted by Gasteiger charge is 2.25. The van der Waals surface area contributed by atoms with E-state index in [0.717, 1.165) is 62.8 Å². The molecule has 4 nitrogen and oxygen atoms in total. The summed E-state index contributed by atoms with van der Waals surface area (Å²) in [5.74, 6) is 0. The van der Waals surface area contributed by atoms with Crippen LogP contribution < -0.4 is 0 Å². The third kappa shape index (κ3) is 4.28. The zero-order valence-corrected chi connectivity index (χ0v) is 28.4. The fourth-order valence-corrected chi connectivity index (χ4v) is 8.52. The Morgan fingerprint density at radius 3 is 1.85 bits per heavy atom. The van der Waals surface area contributed by atoms with Crippen LogP contribution in [0.25, 0.3) is 94.5 Å². The summed E-state index contributed by atoms with van der Waals surface area (Å²) in [5.41, 5.74) is 14.5. The highest BCUT2D eigenvalue weighted by atomic mass is 15.1. The minimum Gasteiger partial charge on any atom is -0.308 e. The monoisotopic (exact) mass is 664 g/mol. The number of fused-ring (bicyclic) bond motifs is 9. The first kappa shape index (κ1) is 29.0. The molecule has 0 bridgehead atoms. The average Bonchev–Trinajstić information content (AvgIpc) is 3.74. The van der Waals surface area contributed by atoms with Crippen molar-refractivity contribution in [3.05, 3.63) is 175 Å². The fourth-order valence-electron chi connectivity index (χ4n) is 8.52. The first-order chi connectivity index (χ1) is 25.8. The van der Waals surface area contributed by atoms with Gasteiger partial charge in [0.1, 0.15) is 0 Å². The molecule has 244 valence electrons. The summed E-state index contributed by atoms with van der Waals surface area (Å²) < 4.78 is 4.98. The third-order valence-electron chi connectivity index (χ3n) is 10.7. The predicted octanol–water partition coefficient (Wildman–Crippen LogP) is 12.1. The summed E-state index contributed by atoms with van der Waals surface area (Å²) >= 11 is 0. The van der Waals surface area contributed by atoms with Gasteiger partial charge in [-0.15, -0.1) is 0 Å². The van der Waals surface area contributed by atoms with E-state index < -0.39 is 0 Å². The Balaban J connectivity index is 1.32. The number of rotatable bonds is 4. The van der Waals surface area contributed by atoms with Gasteiger partial charge in [0, 0.05) is 49.4 Å². The van der Waals surface area contributed by atoms with Gasteiger partial charge in [0.15, 0.2) is 0 Å². The molecule has 4 heterocycles. The van der Waals surface area contributed by atoms with Gasteiger partial charge in [-0.25, -0.2) is 9.97 Å². The minimum absolute atomic E-state index is 0.921. The normalized spacial score (nSPS) is 12.8. The predicted molar refractivity (Wildman–Crippen MR) is 216 cm³/mol. The van der Waals surface area contributed by atoms with Crippen LogP contribution in [0.1, 0.15) is 17.7 Å². The van der Waals surface area contributed by atoms with Crippen LogP contribution in [0.5, 0.6) is 0 Å². The van der Waals surface area contributed by atoms with Gasteiger partial charge in [-0.2, -0.15) is 0 Å². The molecule has 0 aliphatic heterocycles. The topological polar surface area (TPSA) is 35.6 Å². The van der Waals surface area contributed by atoms with Crippen molar-refractivity contribution in [2.45, 2.75) is 12.8 Å². The zero-order chi connectivity index (χ0) is 34.2. The minimum atomic E-state index is 0.921. The summed E-state index contributed by atoms with van der Waals surface area (Å²) in [6, 6.07) is 56.4. The lowest BCUT2D eigenvalue weighted by Crippen LogP contribution is -2.02. The van der Waals surface area contributed by atoms with Crippen LogP contribution in [-0.4, -0.2) is 19.1 Å². The molecule has 52 heavy (non-hydrogen) atoms. The van der Waals surface area contributed by atoms with Crippen molar-refractivity contribution < 1.29 is 0 Å². The van der Waals surface area contributed by atoms with Crippen molar-refractivity contribution in [2.75, 3.05) is 0 Å². The maximum Gasteiger partial charge on any atom is 0.0788 e. The van der Waals surface area contributed by atoms with E-state index in [1.165, 1.54) is 49.7 Å². The molecule has 4 heteroatoms. The van der Waals surface area contributed by atoms with Crippen LogP contribution in [0.3, 0.4) is 0 Å². The zero-order valence-electron chi connectivity index (χ0n) is 28.4. The molecular weight excluding hydrogens is 633 g/mol. The van der Waals surface area contributed by atoms with E-state index in [9.17, 15) is 0 Å². The molecule has 0 saturated heterocycles. The smallest absolute Gasteiger partial charge is 0.0788 e. The fraction of sp³-hybridized carbons (Fsp3) is 0.0417. The second-order valence-corrected chi connectivity index (χ2v) is 13.7. The van der Waals surface area contributed by atoms with Crippen LogP contribution in [0.2, 0.25) is 0 Å². The van der Waals surface area contributed by atoms with Crippen molar-refractivity contribution in [3.8, 4) is 33.9 Å². The highest BCUT2D eigenvalue weighted by Crippen LogP contribution is 2.44. The molecule has 4 aromatic heterocycles. The number of para-hydroxylation sites is 4. The molecule has 1 aliphatic rings. The molecule has 10 aromatic rings. The van der Waals surface area contributed by atoms with Crippen LogP contribution >= 0.6 is 0 Å². The Kier molecular flexibility index (Phi) is 6.34. The van der Waals surface area contributed by atoms with Crippen LogP contribution in [-0.2, 0) is 6.42 Å². The number of nitrogens with zero attached hydrogens (tertiary/aromatic N) is 4. The third-order valence-corrected chi connectivity index (χ3v) is 10.7. The lowest BCUT2D eigenvalue weighted by molar-refractivity contribution is 0.967. The van der Waals surface area contributed by atoms with Gasteiger partial charge >= 0.3 is 0 Å². The number of allylic oxidation sites excluding steroid dienone is 1. The van der Waals surface area contributed by atoms with Gasteiger partial charge in [0.05, 0.1) is 44.7 Å². The van der Waals surface area contributed by atoms with Gasteiger partial charge < -0.3 is 9.13 Å². The molecule has 0 fully saturated rings. The quantitative estimate of drug-likeness (QED) is 0.176. The number of hydrogen-bond donors (Lipinski definition) is 0. The SMILES string of the molecule is C1=Cc2c(c3ccc4c5ccccc5n(-c5cc(-c6ccccc6)nc(-c6c7ccccc7nc7ccccc67)c5)c4c3n2-c2ccccc2)CC1. The van der Waals surface area contributed by atoms with E-state index in [1.54, 1.807) is 0 Å². The van der Waals surface area contributed by atoms with E-state index in [0.29, 0.717) is 0 Å². The Labute approximate surface area is 300 Å². The molecule has 6 aromatic carbocycles. The molecule has 0 atom stereocenters. The van der Waals surface area contributed by atoms with E-state index >= 15 is 0 Å². The number of pyridine rings is 2. The van der Waals surface area contributed by atoms with E-state index in [-0.39, 0.29) is 0 Å². The molecule has 0 radical (unpaired) electrons. The molecule has 1 aliphatic carbocycles. The summed E-state index contributed by atoms with van der Waals surface area (Å²) in [6.45, 7) is 0. The van der Waals surface area contributed by atoms with Crippen LogP contribution in [0.15, 0.2) is 164 Å². The summed E-state index contributed by atoms with van der Waals surface area (Å²) in [5, 5.41) is 5.95. The average molecular weight is 665 g/mol. The molecule has 0 saturated carbocycles. The van der Waals surface area contributed by atoms with E-state index in [2.05, 4.69) is 179 Å². The number of aryl methyl sites for hydroxylation is 1. The number of benzene rings is 6. The van der Waals surface area contributed by atoms with Crippen molar-refractivity contribution in [1.29, 1.82) is 0 Å². The second kappa shape index (κ2) is 11.4. The summed E-state index contributed by atoms with van der Waals surface area (Å²) in [4.78, 5) is 10.5. The first-order valence-corrected chi connectivity index (χ1v) is 18.0. The standard InChI is InChI=1S/C48H32N4/c1-3-15-31(16-4-1)42-29-33(30-43(50-42)46-38-21-7-11-23-40(38)49-41-24-12-8-22-39(41)46)52-45-26-14-10-20-35(45)37-28-27-36-34-19-9-13-25-44(34)51(47(36)48(37)52)32-17-5-2-6-18-32/h1-8,10-18,20-30H,9,19H2. The molecule has 0 unspecified atom stereocenters. The number of hydrogen-bond acceptors (Lipinski definition) is 2. The Morgan fingerprint density at radius 1 is 0.462 bits per heavy atom. The Morgan fingerprint density at radius 2 is 1.08 bits per heavy atom. The molecule has 0 amide bonds. The lowest BCUT2D eigenvalue weighted by Gasteiger charge is -2.17. The van der Waals surface area contributed by atoms with Gasteiger partial charge in [-0.1, -0.05) is 121 Å². The van der Waals surface area contributed by atoms with Gasteiger partial charge in [0.2, 0.25) is 0 Å². The van der Waals surface area contributed by atoms with Crippen molar-refractivity contribution in [3.63, 3.8) is 0 Å². The maximum atomic E-state index is 5.47. The van der Waals surface area contributed by atoms with E-state index in [1.807, 2.05) is 0 Å². The molecular formula is C48H32N4. The highest BCUT2D eigenvalue weighted by molar-refractivity contribution is 6.19. The maximum absolute atomic E-state index is 5.47. The van der Waals surface area contributed by atoms with E-state index in [4.69, 9.17) is 9.97 Å². The summed E-state index contributed by atoms with van der Waals surface area (Å²) in [7, 11) is 0. The van der Waals surface area contributed by atoms with Crippen molar-refractivity contribution in [1.82, 2.24) is 19.1 Å². The molecule has 0 N–H and O–H groups in total. The van der Waals surface area contributed by atoms with Gasteiger partial charge in [-0.3, -0.25) is 0 Å². The van der Waals surface area contributed by atoms with Crippen molar-refractivity contribution in [2.24, 2.45) is 0 Å². The largest absolute Gasteiger partial charge is 0.308 e. The first-order valence-electron chi connectivity index (χ1n) is 18.0. The van der Waals surface area contributed by atoms with Gasteiger partial charge in [-0.05, 0) is 66.9 Å². The van der Waals surface area contributed by atoms with Crippen LogP contribution in [0, 0.1) is 0 Å². The Hall–Kier alpha value is -6.78. The molecule has 11 rings (SSSR count). The van der Waals surface area contributed by atoms with Gasteiger partial charge in [0.25, 0.3) is 0 Å². The van der Waals surface area contributed by atoms with Crippen LogP contribution in [0.4, 0.5) is 0 Å². The second-order valence-electron chi connectivity index (χ2n) is 13.7. The van der Waals surface area contributed by atoms with Crippen molar-refractivity contribution >= 4 is 60.6 Å². The summed E-state index contributed by atoms with van der Waals surface area (Å²) in [6.07, 6.45) is 6.71. The Bertz CT molecular complexity index is 3000. The number of aromatic nitrogens is 4.